The van der Waals surface area contributed by atoms with Crippen molar-refractivity contribution in [1.29, 1.82) is 0 Å². The Morgan fingerprint density at radius 2 is 1.75 bits per heavy atom. The fraction of sp³-hybridized carbons (Fsp3) is 0.143. The second kappa shape index (κ2) is 6.59. The average molecular weight is 300 g/mol. The van der Waals surface area contributed by atoms with E-state index in [-0.39, 0.29) is 35.1 Å². The van der Waals surface area contributed by atoms with Gasteiger partial charge in [-0.3, -0.25) is 9.36 Å². The van der Waals surface area contributed by atoms with Crippen LogP contribution in [0.1, 0.15) is 21.6 Å². The molecule has 0 aliphatic rings. The van der Waals surface area contributed by atoms with Crippen LogP contribution >= 0.6 is 11.6 Å². The summed E-state index contributed by atoms with van der Waals surface area (Å²) in [5.41, 5.74) is 0.692. The normalized spacial score (nSPS) is 9.95. The van der Waals surface area contributed by atoms with Gasteiger partial charge >= 0.3 is 29.6 Å². The van der Waals surface area contributed by atoms with Crippen molar-refractivity contribution in [3.63, 3.8) is 0 Å². The minimum Gasteiger partial charge on any atom is -0.545 e. The van der Waals surface area contributed by atoms with Crippen LogP contribution in [-0.4, -0.2) is 10.5 Å². The molecule has 2 rings (SSSR count). The smallest absolute Gasteiger partial charge is 0.545 e. The molecule has 0 fully saturated rings. The second-order valence-electron chi connectivity index (χ2n) is 4.25. The number of hydrogen-bond acceptors (Lipinski definition) is 3. The molecule has 6 heteroatoms. The Kier molecular flexibility index (Phi) is 5.59. The van der Waals surface area contributed by atoms with Crippen molar-refractivity contribution in [3.05, 3.63) is 62.5 Å². The van der Waals surface area contributed by atoms with Gasteiger partial charge < -0.3 is 9.90 Å². The van der Waals surface area contributed by atoms with E-state index < -0.39 is 11.5 Å². The third-order valence-electron chi connectivity index (χ3n) is 2.88. The molecule has 0 atom stereocenters. The number of aromatic nitrogens is 1. The number of halogens is 1. The van der Waals surface area contributed by atoms with Crippen molar-refractivity contribution in [2.45, 2.75) is 13.8 Å². The van der Waals surface area contributed by atoms with Crippen molar-refractivity contribution in [2.24, 2.45) is 0 Å². The van der Waals surface area contributed by atoms with Gasteiger partial charge in [0, 0.05) is 16.4 Å². The molecule has 1 heterocycles. The van der Waals surface area contributed by atoms with Crippen LogP contribution in [0, 0.1) is 13.8 Å². The minimum absolute atomic E-state index is 0. The summed E-state index contributed by atoms with van der Waals surface area (Å²) in [7, 11) is 0. The summed E-state index contributed by atoms with van der Waals surface area (Å²) in [4.78, 5) is 23.3. The molecule has 20 heavy (non-hydrogen) atoms. The summed E-state index contributed by atoms with van der Waals surface area (Å²) >= 11 is 5.79. The molecule has 0 unspecified atom stereocenters. The van der Waals surface area contributed by atoms with Crippen LogP contribution in [-0.2, 0) is 0 Å². The van der Waals surface area contributed by atoms with Crippen LogP contribution in [0.25, 0.3) is 5.69 Å². The van der Waals surface area contributed by atoms with Crippen LogP contribution in [0.15, 0.2) is 35.1 Å². The van der Waals surface area contributed by atoms with Crippen molar-refractivity contribution in [2.75, 3.05) is 0 Å². The Morgan fingerprint density at radius 3 is 2.25 bits per heavy atom. The van der Waals surface area contributed by atoms with Crippen LogP contribution in [0.4, 0.5) is 0 Å². The number of carbonyl (C=O) groups is 1. The molecule has 1 aromatic heterocycles. The van der Waals surface area contributed by atoms with Crippen LogP contribution in [0.2, 0.25) is 5.02 Å². The number of aromatic carboxylic acids is 1. The predicted octanol–water partition coefficient (Wildman–Crippen LogP) is -1.52. The van der Waals surface area contributed by atoms with Gasteiger partial charge in [0.05, 0.1) is 11.5 Å². The molecule has 0 bridgehead atoms. The standard InChI is InChI=1S/C14H12ClNO3.Na/c1-8-7-9(2)16(13(17)12(8)14(18)19)11-5-3-10(15)4-6-11;/h3-7H,1-2H3,(H,18,19);/q;+1/p-1. The zero-order chi connectivity index (χ0) is 14.2. The van der Waals surface area contributed by atoms with E-state index in [0.29, 0.717) is 22.0 Å². The summed E-state index contributed by atoms with van der Waals surface area (Å²) < 4.78 is 1.33. The Bertz CT molecular complexity index is 708. The monoisotopic (exact) mass is 299 g/mol. The van der Waals surface area contributed by atoms with Gasteiger partial charge in [-0.2, -0.15) is 0 Å². The second-order valence-corrected chi connectivity index (χ2v) is 4.68. The Morgan fingerprint density at radius 1 is 1.20 bits per heavy atom. The fourth-order valence-corrected chi connectivity index (χ4v) is 2.18. The van der Waals surface area contributed by atoms with Gasteiger partial charge in [0.15, 0.2) is 0 Å². The van der Waals surface area contributed by atoms with Gasteiger partial charge in [0.25, 0.3) is 5.56 Å². The molecule has 0 spiro atoms. The molecule has 0 saturated heterocycles. The fourth-order valence-electron chi connectivity index (χ4n) is 2.05. The number of aryl methyl sites for hydroxylation is 2. The van der Waals surface area contributed by atoms with Gasteiger partial charge in [-0.15, -0.1) is 0 Å². The predicted molar refractivity (Wildman–Crippen MR) is 70.9 cm³/mol. The molecular formula is C14H11ClNNaO3. The number of benzene rings is 1. The molecular weight excluding hydrogens is 289 g/mol. The van der Waals surface area contributed by atoms with Crippen molar-refractivity contribution >= 4 is 17.6 Å². The van der Waals surface area contributed by atoms with Crippen molar-refractivity contribution in [1.82, 2.24) is 4.57 Å². The molecule has 0 radical (unpaired) electrons. The maximum absolute atomic E-state index is 12.2. The van der Waals surface area contributed by atoms with Gasteiger partial charge in [0.2, 0.25) is 0 Å². The molecule has 0 N–H and O–H groups in total. The zero-order valence-corrected chi connectivity index (χ0v) is 14.2. The summed E-state index contributed by atoms with van der Waals surface area (Å²) in [6.07, 6.45) is 0. The van der Waals surface area contributed by atoms with E-state index in [2.05, 4.69) is 0 Å². The maximum Gasteiger partial charge on any atom is 1.00 e. The number of carboxylic acids is 1. The first kappa shape index (κ1) is 17.0. The van der Waals surface area contributed by atoms with Gasteiger partial charge in [-0.05, 0) is 49.7 Å². The third kappa shape index (κ3) is 3.15. The average Bonchev–Trinajstić information content (AvgIpc) is 2.30. The SMILES string of the molecule is Cc1cc(C)n(-c2ccc(Cl)cc2)c(=O)c1C(=O)[O-].[Na+]. The van der Waals surface area contributed by atoms with E-state index in [0.717, 1.165) is 0 Å². The van der Waals surface area contributed by atoms with Crippen LogP contribution in [0.3, 0.4) is 0 Å². The minimum atomic E-state index is -1.47. The maximum atomic E-state index is 12.2. The van der Waals surface area contributed by atoms with Crippen LogP contribution in [0.5, 0.6) is 0 Å². The Balaban J connectivity index is 0.00000200. The number of hydrogen-bond donors (Lipinski definition) is 0. The van der Waals surface area contributed by atoms with Crippen molar-refractivity contribution < 1.29 is 39.5 Å². The third-order valence-corrected chi connectivity index (χ3v) is 3.13. The number of pyridine rings is 1. The van der Waals surface area contributed by atoms with E-state index >= 15 is 0 Å². The van der Waals surface area contributed by atoms with Gasteiger partial charge in [-0.1, -0.05) is 11.6 Å². The molecule has 2 aromatic rings. The molecule has 0 amide bonds. The van der Waals surface area contributed by atoms with Crippen molar-refractivity contribution in [3.8, 4) is 5.69 Å². The quantitative estimate of drug-likeness (QED) is 0.633. The number of rotatable bonds is 2. The van der Waals surface area contributed by atoms with E-state index in [4.69, 9.17) is 11.6 Å². The molecule has 1 aromatic carbocycles. The first-order chi connectivity index (χ1) is 8.91. The van der Waals surface area contributed by atoms with E-state index in [9.17, 15) is 14.7 Å². The van der Waals surface area contributed by atoms with E-state index in [1.54, 1.807) is 44.2 Å². The molecule has 0 saturated carbocycles. The summed E-state index contributed by atoms with van der Waals surface area (Å²) in [6, 6.07) is 8.24. The number of carbonyl (C=O) groups excluding carboxylic acids is 1. The summed E-state index contributed by atoms with van der Waals surface area (Å²) in [5.74, 6) is -1.47. The molecule has 0 aliphatic heterocycles. The first-order valence-electron chi connectivity index (χ1n) is 5.62. The largest absolute Gasteiger partial charge is 1.00 e. The topological polar surface area (TPSA) is 62.1 Å². The zero-order valence-electron chi connectivity index (χ0n) is 11.4. The first-order valence-corrected chi connectivity index (χ1v) is 6.00. The molecule has 98 valence electrons. The summed E-state index contributed by atoms with van der Waals surface area (Å²) in [6.45, 7) is 3.31. The van der Waals surface area contributed by atoms with Gasteiger partial charge in [-0.25, -0.2) is 0 Å². The van der Waals surface area contributed by atoms with E-state index in [1.807, 2.05) is 0 Å². The van der Waals surface area contributed by atoms with E-state index in [1.165, 1.54) is 4.57 Å². The number of carboxylic acid groups (broad SMARTS) is 1. The van der Waals surface area contributed by atoms with Crippen LogP contribution < -0.4 is 40.2 Å². The number of nitrogens with zero attached hydrogens (tertiary/aromatic N) is 1. The molecule has 0 aliphatic carbocycles. The van der Waals surface area contributed by atoms with Gasteiger partial charge in [0.1, 0.15) is 0 Å². The Labute approximate surface area is 143 Å². The molecule has 4 nitrogen and oxygen atoms in total. The Hall–Kier alpha value is -1.07. The summed E-state index contributed by atoms with van der Waals surface area (Å²) in [5, 5.41) is 11.6.